The summed E-state index contributed by atoms with van der Waals surface area (Å²) in [5, 5.41) is 40.1. The molecule has 7 heteroatoms. The molecule has 4 saturated carbocycles. The number of ether oxygens (including phenoxy) is 2. The molecule has 0 radical (unpaired) electrons. The van der Waals surface area contributed by atoms with Crippen molar-refractivity contribution in [2.45, 2.75) is 109 Å². The molecule has 2 bridgehead atoms. The van der Waals surface area contributed by atoms with Gasteiger partial charge in [-0.15, -0.1) is 0 Å². The second-order valence-electron chi connectivity index (χ2n) is 12.9. The third kappa shape index (κ3) is 3.30. The van der Waals surface area contributed by atoms with Crippen molar-refractivity contribution in [1.29, 1.82) is 0 Å². The summed E-state index contributed by atoms with van der Waals surface area (Å²) in [6.45, 7) is 10.7. The van der Waals surface area contributed by atoms with E-state index in [0.29, 0.717) is 17.8 Å². The second-order valence-corrected chi connectivity index (χ2v) is 12.9. The lowest BCUT2D eigenvalue weighted by Crippen LogP contribution is -2.62. The highest BCUT2D eigenvalue weighted by atomic mass is 16.7. The minimum atomic E-state index is -1.57. The Bertz CT molecular complexity index is 858. The molecule has 5 unspecified atom stereocenters. The van der Waals surface area contributed by atoms with Crippen molar-refractivity contribution in [3.8, 4) is 0 Å². The van der Waals surface area contributed by atoms with Crippen LogP contribution in [-0.4, -0.2) is 63.7 Å². The van der Waals surface area contributed by atoms with Crippen LogP contribution in [0.3, 0.4) is 0 Å². The number of hydrogen-bond acceptors (Lipinski definition) is 7. The third-order valence-electron chi connectivity index (χ3n) is 11.1. The molecule has 5 aliphatic rings. The van der Waals surface area contributed by atoms with E-state index in [1.807, 2.05) is 6.92 Å². The molecular weight excluding hydrogens is 436 g/mol. The number of esters is 1. The molecular formula is C27H42O7. The number of carbonyl (C=O) groups is 1. The first-order valence-electron chi connectivity index (χ1n) is 13.1. The van der Waals surface area contributed by atoms with Crippen LogP contribution in [0.25, 0.3) is 0 Å². The lowest BCUT2D eigenvalue weighted by Gasteiger charge is -2.64. The molecule has 1 saturated heterocycles. The van der Waals surface area contributed by atoms with Gasteiger partial charge in [-0.3, -0.25) is 4.79 Å². The third-order valence-corrected chi connectivity index (χ3v) is 11.1. The highest BCUT2D eigenvalue weighted by molar-refractivity contribution is 5.77. The van der Waals surface area contributed by atoms with Crippen LogP contribution in [0.2, 0.25) is 0 Å². The predicted octanol–water partition coefficient (Wildman–Crippen LogP) is 2.69. The summed E-state index contributed by atoms with van der Waals surface area (Å²) in [7, 11) is 0. The average molecular weight is 479 g/mol. The van der Waals surface area contributed by atoms with E-state index in [9.17, 15) is 25.2 Å². The minimum absolute atomic E-state index is 0.0333. The minimum Gasteiger partial charge on any atom is -0.432 e. The molecule has 0 amide bonds. The lowest BCUT2D eigenvalue weighted by molar-refractivity contribution is -0.298. The monoisotopic (exact) mass is 478 g/mol. The van der Waals surface area contributed by atoms with Crippen LogP contribution in [0.1, 0.15) is 78.6 Å². The van der Waals surface area contributed by atoms with Crippen molar-refractivity contribution < 1.29 is 34.7 Å². The summed E-state index contributed by atoms with van der Waals surface area (Å²) >= 11 is 0. The van der Waals surface area contributed by atoms with Crippen molar-refractivity contribution in [3.63, 3.8) is 0 Å². The van der Waals surface area contributed by atoms with Crippen LogP contribution in [0.4, 0.5) is 0 Å². The Morgan fingerprint density at radius 2 is 1.74 bits per heavy atom. The molecule has 5 fully saturated rings. The quantitative estimate of drug-likeness (QED) is 0.364. The molecule has 192 valence electrons. The van der Waals surface area contributed by atoms with E-state index in [-0.39, 0.29) is 16.7 Å². The average Bonchev–Trinajstić information content (AvgIpc) is 2.96. The lowest BCUT2D eigenvalue weighted by atomic mass is 9.40. The van der Waals surface area contributed by atoms with E-state index in [1.54, 1.807) is 0 Å². The van der Waals surface area contributed by atoms with Gasteiger partial charge in [0.15, 0.2) is 0 Å². The fourth-order valence-electron chi connectivity index (χ4n) is 9.32. The summed E-state index contributed by atoms with van der Waals surface area (Å²) in [6, 6.07) is 0. The molecule has 1 aliphatic heterocycles. The van der Waals surface area contributed by atoms with Crippen molar-refractivity contribution in [2.75, 3.05) is 6.61 Å². The normalized spacial score (nSPS) is 54.8. The molecule has 0 aromatic rings. The molecule has 1 spiro atoms. The smallest absolute Gasteiger partial charge is 0.314 e. The van der Waals surface area contributed by atoms with Crippen molar-refractivity contribution in [3.05, 3.63) is 12.2 Å². The first kappa shape index (κ1) is 24.7. The number of aliphatic hydroxyl groups excluding tert-OH is 4. The molecule has 0 aromatic heterocycles. The molecule has 4 N–H and O–H groups in total. The van der Waals surface area contributed by atoms with E-state index in [1.165, 1.54) is 24.8 Å². The SMILES string of the molecule is C=C1C[C@@]23CC[C@H]4[C@@](C)(CCC[C@@]4(C)C(=O)OC4OC(CO)C(O)C(O)C4O)[C@@H]2CC[C@]1(C)C3. The number of allylic oxidation sites excluding steroid dienone is 1. The van der Waals surface area contributed by atoms with Crippen LogP contribution >= 0.6 is 0 Å². The molecule has 1 heterocycles. The van der Waals surface area contributed by atoms with Gasteiger partial charge in [-0.05, 0) is 86.4 Å². The standard InChI is InChI=1S/C27H42O7/c1-15-12-27-11-7-17-25(3,18(27)6-10-24(15,2)14-27)8-5-9-26(17,4)23(32)34-22-21(31)20(30)19(29)16(13-28)33-22/h16-22,28-31H,1,5-14H2,2-4H3/t16?,17-,18-,19?,20?,21?,22?,24+,25+,26+,27+/m0/s1. The maximum Gasteiger partial charge on any atom is 0.314 e. The van der Waals surface area contributed by atoms with Gasteiger partial charge in [0.1, 0.15) is 24.4 Å². The topological polar surface area (TPSA) is 116 Å². The summed E-state index contributed by atoms with van der Waals surface area (Å²) in [6.07, 6.45) is 2.40. The van der Waals surface area contributed by atoms with E-state index in [4.69, 9.17) is 9.47 Å². The summed E-state index contributed by atoms with van der Waals surface area (Å²) in [5.41, 5.74) is 1.29. The molecule has 7 nitrogen and oxygen atoms in total. The molecule has 4 aliphatic carbocycles. The van der Waals surface area contributed by atoms with Crippen LogP contribution in [0.5, 0.6) is 0 Å². The summed E-state index contributed by atoms with van der Waals surface area (Å²) in [5.74, 6) is 0.311. The summed E-state index contributed by atoms with van der Waals surface area (Å²) in [4.78, 5) is 13.7. The Hall–Kier alpha value is -0.990. The number of fused-ring (bicyclic) bond motifs is 3. The molecule has 11 atom stereocenters. The van der Waals surface area contributed by atoms with Crippen molar-refractivity contribution >= 4 is 5.97 Å². The van der Waals surface area contributed by atoms with Crippen LogP contribution in [0, 0.1) is 33.5 Å². The van der Waals surface area contributed by atoms with Crippen LogP contribution in [0.15, 0.2) is 12.2 Å². The first-order valence-corrected chi connectivity index (χ1v) is 13.1. The van der Waals surface area contributed by atoms with E-state index >= 15 is 0 Å². The zero-order valence-electron chi connectivity index (χ0n) is 20.8. The van der Waals surface area contributed by atoms with Crippen LogP contribution < -0.4 is 0 Å². The van der Waals surface area contributed by atoms with Gasteiger partial charge in [-0.2, -0.15) is 0 Å². The fraction of sp³-hybridized carbons (Fsp3) is 0.889. The fourth-order valence-corrected chi connectivity index (χ4v) is 9.32. The van der Waals surface area contributed by atoms with Crippen molar-refractivity contribution in [1.82, 2.24) is 0 Å². The van der Waals surface area contributed by atoms with Gasteiger partial charge >= 0.3 is 5.97 Å². The maximum atomic E-state index is 13.7. The van der Waals surface area contributed by atoms with Gasteiger partial charge in [0.2, 0.25) is 6.29 Å². The Morgan fingerprint density at radius 1 is 1.03 bits per heavy atom. The van der Waals surface area contributed by atoms with Gasteiger partial charge < -0.3 is 29.9 Å². The predicted molar refractivity (Wildman–Crippen MR) is 124 cm³/mol. The zero-order valence-corrected chi connectivity index (χ0v) is 20.8. The van der Waals surface area contributed by atoms with E-state index in [0.717, 1.165) is 32.1 Å². The van der Waals surface area contributed by atoms with Gasteiger partial charge in [-0.25, -0.2) is 0 Å². The Balaban J connectivity index is 1.39. The Morgan fingerprint density at radius 3 is 2.44 bits per heavy atom. The molecule has 34 heavy (non-hydrogen) atoms. The van der Waals surface area contributed by atoms with Crippen LogP contribution in [-0.2, 0) is 14.3 Å². The largest absolute Gasteiger partial charge is 0.432 e. The number of carbonyl (C=O) groups excluding carboxylic acids is 1. The van der Waals surface area contributed by atoms with Gasteiger partial charge in [-0.1, -0.05) is 32.4 Å². The first-order chi connectivity index (χ1) is 15.9. The molecule has 0 aromatic carbocycles. The highest BCUT2D eigenvalue weighted by Gasteiger charge is 2.67. The van der Waals surface area contributed by atoms with E-state index in [2.05, 4.69) is 20.4 Å². The van der Waals surface area contributed by atoms with Gasteiger partial charge in [0.05, 0.1) is 12.0 Å². The van der Waals surface area contributed by atoms with Gasteiger partial charge in [0.25, 0.3) is 0 Å². The summed E-state index contributed by atoms with van der Waals surface area (Å²) < 4.78 is 11.2. The van der Waals surface area contributed by atoms with E-state index < -0.39 is 48.7 Å². The highest BCUT2D eigenvalue weighted by Crippen LogP contribution is 2.74. The molecule has 5 rings (SSSR count). The Kier molecular flexibility index (Phi) is 5.81. The Labute approximate surface area is 202 Å². The van der Waals surface area contributed by atoms with Gasteiger partial charge in [0, 0.05) is 0 Å². The number of hydrogen-bond donors (Lipinski definition) is 4. The van der Waals surface area contributed by atoms with Crippen molar-refractivity contribution in [2.24, 2.45) is 33.5 Å². The number of aliphatic hydroxyl groups is 4. The maximum absolute atomic E-state index is 13.7. The second kappa shape index (κ2) is 8.01. The zero-order chi connectivity index (χ0) is 24.7. The number of rotatable bonds is 3.